The molecule has 0 atom stereocenters. The number of aromatic nitrogens is 2. The molecule has 150 valence electrons. The lowest BCUT2D eigenvalue weighted by molar-refractivity contribution is 0.0954. The molecule has 1 saturated heterocycles. The number of methoxy groups -OCH3 is 1. The Balaban J connectivity index is 1.54. The molecule has 1 aromatic heterocycles. The molecule has 2 aromatic rings. The molecule has 0 aliphatic carbocycles. The number of nitrogens with zero attached hydrogens (tertiary/aromatic N) is 3. The zero-order valence-corrected chi connectivity index (χ0v) is 17.6. The van der Waals surface area contributed by atoms with Crippen molar-refractivity contribution in [1.82, 2.24) is 15.3 Å². The molecule has 0 saturated carbocycles. The van der Waals surface area contributed by atoms with Crippen LogP contribution in [0.25, 0.3) is 0 Å². The second kappa shape index (κ2) is 9.70. The van der Waals surface area contributed by atoms with Gasteiger partial charge in [0.25, 0.3) is 5.91 Å². The third kappa shape index (κ3) is 5.32. The summed E-state index contributed by atoms with van der Waals surface area (Å²) in [6.07, 6.45) is 0. The predicted molar refractivity (Wildman–Crippen MR) is 111 cm³/mol. The van der Waals surface area contributed by atoms with Crippen LogP contribution in [0.1, 0.15) is 16.1 Å². The zero-order valence-electron chi connectivity index (χ0n) is 16.0. The molecular formula is C19H24BrN5O3. The minimum Gasteiger partial charge on any atom is -0.497 e. The topological polar surface area (TPSA) is 88.6 Å². The quantitative estimate of drug-likeness (QED) is 0.626. The van der Waals surface area contributed by atoms with E-state index in [1.54, 1.807) is 25.3 Å². The molecule has 9 heteroatoms. The van der Waals surface area contributed by atoms with Gasteiger partial charge in [-0.3, -0.25) is 4.79 Å². The molecule has 28 heavy (non-hydrogen) atoms. The maximum Gasteiger partial charge on any atom is 0.252 e. The number of nitrogens with one attached hydrogen (secondary N) is 2. The number of carbonyl (C=O) groups excluding carboxylic acids is 1. The van der Waals surface area contributed by atoms with Gasteiger partial charge in [-0.05, 0) is 41.1 Å². The van der Waals surface area contributed by atoms with Crippen LogP contribution < -0.4 is 20.3 Å². The van der Waals surface area contributed by atoms with E-state index < -0.39 is 0 Å². The van der Waals surface area contributed by atoms with Crippen LogP contribution in [0.3, 0.4) is 0 Å². The Hall–Kier alpha value is -2.39. The number of rotatable bonds is 7. The van der Waals surface area contributed by atoms with Crippen LogP contribution in [0, 0.1) is 6.92 Å². The van der Waals surface area contributed by atoms with Crippen molar-refractivity contribution >= 4 is 33.6 Å². The molecule has 0 radical (unpaired) electrons. The molecule has 1 amide bonds. The highest BCUT2D eigenvalue weighted by molar-refractivity contribution is 9.10. The van der Waals surface area contributed by atoms with Crippen LogP contribution in [0.5, 0.6) is 5.75 Å². The third-order valence-corrected chi connectivity index (χ3v) is 4.98. The number of halogens is 1. The summed E-state index contributed by atoms with van der Waals surface area (Å²) in [6.45, 7) is 5.95. The van der Waals surface area contributed by atoms with E-state index >= 15 is 0 Å². The summed E-state index contributed by atoms with van der Waals surface area (Å²) in [5.41, 5.74) is 1.42. The van der Waals surface area contributed by atoms with Crippen LogP contribution in [0.4, 0.5) is 11.8 Å². The third-order valence-electron chi connectivity index (χ3n) is 4.29. The van der Waals surface area contributed by atoms with Crippen molar-refractivity contribution in [2.24, 2.45) is 0 Å². The van der Waals surface area contributed by atoms with E-state index in [-0.39, 0.29) is 5.91 Å². The molecule has 8 nitrogen and oxygen atoms in total. The summed E-state index contributed by atoms with van der Waals surface area (Å²) < 4.78 is 11.3. The van der Waals surface area contributed by atoms with E-state index in [9.17, 15) is 4.79 Å². The number of benzene rings is 1. The van der Waals surface area contributed by atoms with Crippen LogP contribution in [-0.4, -0.2) is 62.4 Å². The number of ether oxygens (including phenoxy) is 2. The van der Waals surface area contributed by atoms with Gasteiger partial charge in [0, 0.05) is 42.4 Å². The van der Waals surface area contributed by atoms with Crippen molar-refractivity contribution in [1.29, 1.82) is 0 Å². The van der Waals surface area contributed by atoms with Crippen molar-refractivity contribution in [2.45, 2.75) is 6.92 Å². The average molecular weight is 450 g/mol. The number of anilines is 2. The molecule has 1 aromatic carbocycles. The number of morpholine rings is 1. The Morgan fingerprint density at radius 2 is 2.04 bits per heavy atom. The van der Waals surface area contributed by atoms with Crippen molar-refractivity contribution in [2.75, 3.05) is 56.7 Å². The highest BCUT2D eigenvalue weighted by atomic mass is 79.9. The molecule has 0 unspecified atom stereocenters. The van der Waals surface area contributed by atoms with Crippen LogP contribution >= 0.6 is 15.9 Å². The van der Waals surface area contributed by atoms with Crippen molar-refractivity contribution in [3.8, 4) is 5.75 Å². The van der Waals surface area contributed by atoms with Gasteiger partial charge in [-0.15, -0.1) is 0 Å². The normalized spacial score (nSPS) is 13.9. The van der Waals surface area contributed by atoms with E-state index in [1.165, 1.54) is 0 Å². The molecule has 0 spiro atoms. The fourth-order valence-electron chi connectivity index (χ4n) is 2.84. The van der Waals surface area contributed by atoms with E-state index in [4.69, 9.17) is 9.47 Å². The van der Waals surface area contributed by atoms with E-state index in [2.05, 4.69) is 41.4 Å². The van der Waals surface area contributed by atoms with Crippen molar-refractivity contribution in [3.05, 3.63) is 40.0 Å². The lowest BCUT2D eigenvalue weighted by Gasteiger charge is -2.28. The fraction of sp³-hybridized carbons (Fsp3) is 0.421. The minimum atomic E-state index is -0.174. The Morgan fingerprint density at radius 1 is 1.25 bits per heavy atom. The van der Waals surface area contributed by atoms with Gasteiger partial charge in [0.2, 0.25) is 5.95 Å². The Labute approximate surface area is 172 Å². The first-order chi connectivity index (χ1) is 13.6. The SMILES string of the molecule is COc1ccc(Br)c(C(=O)NCCNc2nc(C)cc(N3CCOCC3)n2)c1. The summed E-state index contributed by atoms with van der Waals surface area (Å²) in [6, 6.07) is 7.26. The van der Waals surface area contributed by atoms with Gasteiger partial charge >= 0.3 is 0 Å². The summed E-state index contributed by atoms with van der Waals surface area (Å²) >= 11 is 3.39. The molecule has 3 rings (SSSR count). The van der Waals surface area contributed by atoms with E-state index in [0.717, 1.165) is 29.1 Å². The Kier molecular flexibility index (Phi) is 7.05. The van der Waals surface area contributed by atoms with Gasteiger partial charge in [0.1, 0.15) is 11.6 Å². The maximum atomic E-state index is 12.4. The average Bonchev–Trinajstić information content (AvgIpc) is 2.71. The highest BCUT2D eigenvalue weighted by Crippen LogP contribution is 2.22. The zero-order chi connectivity index (χ0) is 19.9. The summed E-state index contributed by atoms with van der Waals surface area (Å²) in [7, 11) is 1.57. The minimum absolute atomic E-state index is 0.174. The molecule has 1 aliphatic heterocycles. The van der Waals surface area contributed by atoms with Crippen LogP contribution in [-0.2, 0) is 4.74 Å². The molecule has 1 aliphatic rings. The summed E-state index contributed by atoms with van der Waals surface area (Å²) in [5, 5.41) is 6.06. The standard InChI is InChI=1S/C19H24BrN5O3/c1-13-11-17(25-7-9-28-10-8-25)24-19(23-13)22-6-5-21-18(26)15-12-14(27-2)3-4-16(15)20/h3-4,11-12H,5-10H2,1-2H3,(H,21,26)(H,22,23,24). The number of aryl methyl sites for hydroxylation is 1. The lowest BCUT2D eigenvalue weighted by Crippen LogP contribution is -2.37. The van der Waals surface area contributed by atoms with Crippen LogP contribution in [0.15, 0.2) is 28.7 Å². The second-order valence-corrected chi connectivity index (χ2v) is 7.17. The van der Waals surface area contributed by atoms with E-state index in [1.807, 2.05) is 13.0 Å². The van der Waals surface area contributed by atoms with Gasteiger partial charge in [0.05, 0.1) is 25.9 Å². The smallest absolute Gasteiger partial charge is 0.252 e. The predicted octanol–water partition coefficient (Wildman–Crippen LogP) is 2.23. The monoisotopic (exact) mass is 449 g/mol. The first kappa shape index (κ1) is 20.3. The number of carbonyl (C=O) groups is 1. The molecule has 2 N–H and O–H groups in total. The Morgan fingerprint density at radius 3 is 2.79 bits per heavy atom. The van der Waals surface area contributed by atoms with Gasteiger partial charge in [-0.1, -0.05) is 0 Å². The summed E-state index contributed by atoms with van der Waals surface area (Å²) in [4.78, 5) is 23.6. The Bertz CT molecular complexity index is 827. The molecular weight excluding hydrogens is 426 g/mol. The second-order valence-electron chi connectivity index (χ2n) is 6.32. The number of hydrogen-bond donors (Lipinski definition) is 2. The lowest BCUT2D eigenvalue weighted by atomic mass is 10.2. The van der Waals surface area contributed by atoms with Crippen LogP contribution in [0.2, 0.25) is 0 Å². The van der Waals surface area contributed by atoms with E-state index in [0.29, 0.717) is 43.6 Å². The van der Waals surface area contributed by atoms with Gasteiger partial charge in [-0.2, -0.15) is 4.98 Å². The van der Waals surface area contributed by atoms with Crippen molar-refractivity contribution < 1.29 is 14.3 Å². The highest BCUT2D eigenvalue weighted by Gasteiger charge is 2.14. The number of hydrogen-bond acceptors (Lipinski definition) is 7. The maximum absolute atomic E-state index is 12.4. The first-order valence-electron chi connectivity index (χ1n) is 9.11. The number of amides is 1. The van der Waals surface area contributed by atoms with Gasteiger partial charge in [-0.25, -0.2) is 4.98 Å². The van der Waals surface area contributed by atoms with Gasteiger partial charge < -0.3 is 25.0 Å². The molecule has 0 bridgehead atoms. The van der Waals surface area contributed by atoms with Crippen molar-refractivity contribution in [3.63, 3.8) is 0 Å². The summed E-state index contributed by atoms with van der Waals surface area (Å²) in [5.74, 6) is 1.91. The first-order valence-corrected chi connectivity index (χ1v) is 9.90. The van der Waals surface area contributed by atoms with Gasteiger partial charge in [0.15, 0.2) is 0 Å². The largest absolute Gasteiger partial charge is 0.497 e. The fourth-order valence-corrected chi connectivity index (χ4v) is 3.26. The molecule has 1 fully saturated rings. The molecule has 2 heterocycles.